The van der Waals surface area contributed by atoms with E-state index in [9.17, 15) is 5.26 Å². The predicted molar refractivity (Wildman–Crippen MR) is 72.6 cm³/mol. The molecule has 20 heavy (non-hydrogen) atoms. The molecule has 0 spiro atoms. The van der Waals surface area contributed by atoms with Crippen LogP contribution in [0.4, 0.5) is 0 Å². The van der Waals surface area contributed by atoms with E-state index in [1.807, 2.05) is 12.1 Å². The van der Waals surface area contributed by atoms with Crippen LogP contribution in [0.2, 0.25) is 0 Å². The summed E-state index contributed by atoms with van der Waals surface area (Å²) < 4.78 is 16.3. The van der Waals surface area contributed by atoms with Crippen LogP contribution in [0.3, 0.4) is 0 Å². The zero-order valence-corrected chi connectivity index (χ0v) is 11.8. The number of rotatable bonds is 2. The summed E-state index contributed by atoms with van der Waals surface area (Å²) >= 11 is 0. The van der Waals surface area contributed by atoms with Gasteiger partial charge < -0.3 is 14.2 Å². The van der Waals surface area contributed by atoms with Gasteiger partial charge in [-0.25, -0.2) is 0 Å². The van der Waals surface area contributed by atoms with Crippen LogP contribution in [0.25, 0.3) is 0 Å². The van der Waals surface area contributed by atoms with Crippen LogP contribution < -0.4 is 9.47 Å². The normalized spacial score (nSPS) is 25.2. The van der Waals surface area contributed by atoms with Gasteiger partial charge in [0.1, 0.15) is 0 Å². The Balaban J connectivity index is 2.07. The molecule has 5 nitrogen and oxygen atoms in total. The maximum absolute atomic E-state index is 9.37. The monoisotopic (exact) mass is 274 g/mol. The summed E-state index contributed by atoms with van der Waals surface area (Å²) in [6.07, 6.45) is 0.938. The second-order valence-electron chi connectivity index (χ2n) is 5.15. The van der Waals surface area contributed by atoms with Gasteiger partial charge in [-0.15, -0.1) is 0 Å². The zero-order chi connectivity index (χ0) is 14.1. The van der Waals surface area contributed by atoms with Crippen LogP contribution in [0.15, 0.2) is 12.1 Å². The van der Waals surface area contributed by atoms with Crippen molar-refractivity contribution in [3.63, 3.8) is 0 Å². The van der Waals surface area contributed by atoms with E-state index in [2.05, 4.69) is 11.0 Å². The molecule has 2 atom stereocenters. The fourth-order valence-corrected chi connectivity index (χ4v) is 3.14. The maximum Gasteiger partial charge on any atom is 0.161 e. The molecule has 0 radical (unpaired) electrons. The number of nitriles is 1. The number of ether oxygens (including phenoxy) is 3. The lowest BCUT2D eigenvalue weighted by molar-refractivity contribution is -0.0739. The van der Waals surface area contributed by atoms with Crippen molar-refractivity contribution in [2.45, 2.75) is 12.5 Å². The first-order valence-corrected chi connectivity index (χ1v) is 6.74. The average molecular weight is 274 g/mol. The molecule has 1 fully saturated rings. The van der Waals surface area contributed by atoms with Crippen LogP contribution in [0.1, 0.15) is 17.2 Å². The zero-order valence-electron chi connectivity index (χ0n) is 11.8. The average Bonchev–Trinajstić information content (AvgIpc) is 2.52. The highest BCUT2D eigenvalue weighted by Crippen LogP contribution is 2.42. The van der Waals surface area contributed by atoms with Gasteiger partial charge in [-0.1, -0.05) is 0 Å². The highest BCUT2D eigenvalue weighted by atomic mass is 16.5. The predicted octanol–water partition coefficient (Wildman–Crippen LogP) is 1.73. The number of fused-ring (bicyclic) bond motifs is 3. The highest BCUT2D eigenvalue weighted by molar-refractivity contribution is 5.50. The number of hydrogen-bond donors (Lipinski definition) is 0. The van der Waals surface area contributed by atoms with Crippen molar-refractivity contribution in [3.05, 3.63) is 23.3 Å². The van der Waals surface area contributed by atoms with E-state index in [-0.39, 0.29) is 12.0 Å². The molecule has 0 aromatic heterocycles. The molecule has 2 unspecified atom stereocenters. The fourth-order valence-electron chi connectivity index (χ4n) is 3.14. The third-order valence-corrected chi connectivity index (χ3v) is 4.13. The summed E-state index contributed by atoms with van der Waals surface area (Å²) in [6.45, 7) is 1.99. The van der Waals surface area contributed by atoms with Crippen LogP contribution in [-0.2, 0) is 11.2 Å². The van der Waals surface area contributed by atoms with Gasteiger partial charge in [0.05, 0.1) is 45.6 Å². The molecular weight excluding hydrogens is 256 g/mol. The van der Waals surface area contributed by atoms with Gasteiger partial charge >= 0.3 is 0 Å². The number of nitrogens with zero attached hydrogens (tertiary/aromatic N) is 2. The van der Waals surface area contributed by atoms with E-state index in [1.165, 1.54) is 11.1 Å². The lowest BCUT2D eigenvalue weighted by atomic mass is 9.84. The number of methoxy groups -OCH3 is 2. The number of benzene rings is 1. The van der Waals surface area contributed by atoms with Crippen molar-refractivity contribution in [1.82, 2.24) is 4.90 Å². The SMILES string of the molecule is COc1cc2c(cc1OC)C1C(C#N)COCN1CC2. The highest BCUT2D eigenvalue weighted by Gasteiger charge is 2.37. The quantitative estimate of drug-likeness (QED) is 0.822. The summed E-state index contributed by atoms with van der Waals surface area (Å²) in [6, 6.07) is 6.52. The van der Waals surface area contributed by atoms with Crippen molar-refractivity contribution >= 4 is 0 Å². The molecular formula is C15H18N2O3. The van der Waals surface area contributed by atoms with Gasteiger partial charge in [0, 0.05) is 6.54 Å². The molecule has 1 aromatic rings. The first kappa shape index (κ1) is 13.2. The fraction of sp³-hybridized carbons (Fsp3) is 0.533. The summed E-state index contributed by atoms with van der Waals surface area (Å²) in [7, 11) is 3.28. The van der Waals surface area contributed by atoms with Crippen molar-refractivity contribution in [1.29, 1.82) is 5.26 Å². The Hall–Kier alpha value is -1.77. The van der Waals surface area contributed by atoms with Gasteiger partial charge in [-0.2, -0.15) is 5.26 Å². The summed E-state index contributed by atoms with van der Waals surface area (Å²) in [5.74, 6) is 1.33. The molecule has 3 rings (SSSR count). The van der Waals surface area contributed by atoms with E-state index in [0.717, 1.165) is 24.5 Å². The molecule has 0 N–H and O–H groups in total. The molecule has 2 aliphatic rings. The van der Waals surface area contributed by atoms with Gasteiger partial charge in [-0.05, 0) is 29.7 Å². The van der Waals surface area contributed by atoms with E-state index < -0.39 is 0 Å². The van der Waals surface area contributed by atoms with Crippen LogP contribution >= 0.6 is 0 Å². The topological polar surface area (TPSA) is 54.7 Å². The van der Waals surface area contributed by atoms with Crippen LogP contribution in [0.5, 0.6) is 11.5 Å². The maximum atomic E-state index is 9.37. The van der Waals surface area contributed by atoms with Gasteiger partial charge in [0.2, 0.25) is 0 Å². The summed E-state index contributed by atoms with van der Waals surface area (Å²) in [5.41, 5.74) is 2.41. The largest absolute Gasteiger partial charge is 0.493 e. The van der Waals surface area contributed by atoms with E-state index in [0.29, 0.717) is 13.3 Å². The molecule has 2 aliphatic heterocycles. The second-order valence-corrected chi connectivity index (χ2v) is 5.15. The van der Waals surface area contributed by atoms with Gasteiger partial charge in [0.25, 0.3) is 0 Å². The van der Waals surface area contributed by atoms with Crippen molar-refractivity contribution < 1.29 is 14.2 Å². The molecule has 0 saturated carbocycles. The first-order chi connectivity index (χ1) is 9.78. The lowest BCUT2D eigenvalue weighted by Crippen LogP contribution is -2.45. The molecule has 0 aliphatic carbocycles. The second kappa shape index (κ2) is 5.31. The van der Waals surface area contributed by atoms with E-state index in [1.54, 1.807) is 14.2 Å². The Morgan fingerprint density at radius 2 is 2.05 bits per heavy atom. The van der Waals surface area contributed by atoms with Gasteiger partial charge in [-0.3, -0.25) is 4.90 Å². The minimum Gasteiger partial charge on any atom is -0.493 e. The molecule has 0 bridgehead atoms. The Kier molecular flexibility index (Phi) is 3.51. The smallest absolute Gasteiger partial charge is 0.161 e. The Morgan fingerprint density at radius 3 is 2.75 bits per heavy atom. The molecule has 5 heteroatoms. The lowest BCUT2D eigenvalue weighted by Gasteiger charge is -2.42. The number of hydrogen-bond acceptors (Lipinski definition) is 5. The molecule has 2 heterocycles. The minimum atomic E-state index is -0.138. The molecule has 0 amide bonds. The van der Waals surface area contributed by atoms with Gasteiger partial charge in [0.15, 0.2) is 11.5 Å². The summed E-state index contributed by atoms with van der Waals surface area (Å²) in [4.78, 5) is 2.23. The van der Waals surface area contributed by atoms with Crippen molar-refractivity contribution in [2.75, 3.05) is 34.1 Å². The van der Waals surface area contributed by atoms with Crippen molar-refractivity contribution in [2.24, 2.45) is 5.92 Å². The first-order valence-electron chi connectivity index (χ1n) is 6.74. The third-order valence-electron chi connectivity index (χ3n) is 4.13. The summed E-state index contributed by atoms with van der Waals surface area (Å²) in [5, 5.41) is 9.37. The standard InChI is InChI=1S/C15H18N2O3/c1-18-13-5-10-3-4-17-9-20-8-11(7-16)15(17)12(10)6-14(13)19-2/h5-6,11,15H,3-4,8-9H2,1-2H3. The Labute approximate surface area is 118 Å². The van der Waals surface area contributed by atoms with E-state index in [4.69, 9.17) is 14.2 Å². The molecule has 1 aromatic carbocycles. The Morgan fingerprint density at radius 1 is 1.30 bits per heavy atom. The van der Waals surface area contributed by atoms with E-state index >= 15 is 0 Å². The molecule has 1 saturated heterocycles. The third kappa shape index (κ3) is 2.01. The van der Waals surface area contributed by atoms with Crippen LogP contribution in [0, 0.1) is 17.2 Å². The Bertz CT molecular complexity index is 553. The van der Waals surface area contributed by atoms with Crippen LogP contribution in [-0.4, -0.2) is 39.0 Å². The molecule has 106 valence electrons. The van der Waals surface area contributed by atoms with Crippen molar-refractivity contribution in [3.8, 4) is 17.6 Å². The minimum absolute atomic E-state index is 0.0947.